The van der Waals surface area contributed by atoms with Gasteiger partial charge in [-0.3, -0.25) is 0 Å². The zero-order valence-electron chi connectivity index (χ0n) is 39.5. The van der Waals surface area contributed by atoms with Gasteiger partial charge in [0.2, 0.25) is 0 Å². The van der Waals surface area contributed by atoms with E-state index < -0.39 is 0 Å². The van der Waals surface area contributed by atoms with Gasteiger partial charge < -0.3 is 27.7 Å². The van der Waals surface area contributed by atoms with Gasteiger partial charge in [-0.25, -0.2) is 0 Å². The molecule has 19 rings (SSSR count). The Morgan fingerprint density at radius 1 is 0.257 bits per heavy atom. The molecule has 0 aliphatic carbocycles. The molecule has 0 spiro atoms. The smallest absolute Gasteiger partial charge is 0.256 e. The van der Waals surface area contributed by atoms with Crippen LogP contribution in [0.1, 0.15) is 0 Å². The van der Waals surface area contributed by atoms with Crippen LogP contribution in [0.15, 0.2) is 218 Å². The summed E-state index contributed by atoms with van der Waals surface area (Å²) in [6.07, 6.45) is 0. The largest absolute Gasteiger partial charge is 0.458 e. The van der Waals surface area contributed by atoms with E-state index >= 15 is 0 Å². The van der Waals surface area contributed by atoms with Gasteiger partial charge in [0.25, 0.3) is 13.4 Å². The van der Waals surface area contributed by atoms with Gasteiger partial charge in [0.05, 0.1) is 44.1 Å². The van der Waals surface area contributed by atoms with Crippen molar-refractivity contribution >= 4 is 133 Å². The van der Waals surface area contributed by atoms with E-state index in [1.165, 1.54) is 131 Å². The van der Waals surface area contributed by atoms with Crippen LogP contribution >= 0.6 is 0 Å². The van der Waals surface area contributed by atoms with Gasteiger partial charge in [0.15, 0.2) is 0 Å². The van der Waals surface area contributed by atoms with Crippen LogP contribution in [0.25, 0.3) is 110 Å². The first-order valence-electron chi connectivity index (χ1n) is 25.6. The molecule has 15 aromatic rings. The van der Waals surface area contributed by atoms with Crippen molar-refractivity contribution in [2.24, 2.45) is 0 Å². The minimum atomic E-state index is 0.00333. The van der Waals surface area contributed by atoms with E-state index in [1.54, 1.807) is 0 Å². The number of para-hydroxylation sites is 6. The highest BCUT2D eigenvalue weighted by Gasteiger charge is 2.43. The van der Waals surface area contributed by atoms with Crippen molar-refractivity contribution in [1.29, 1.82) is 0 Å². The maximum absolute atomic E-state index is 7.11. The highest BCUT2D eigenvalue weighted by molar-refractivity contribution is 7.00. The maximum Gasteiger partial charge on any atom is 0.256 e. The molecule has 11 aromatic carbocycles. The summed E-state index contributed by atoms with van der Waals surface area (Å²) in [5.74, 6) is 3.63. The lowest BCUT2D eigenvalue weighted by atomic mass is 9.34. The summed E-state index contributed by atoms with van der Waals surface area (Å²) in [6.45, 7) is 0.00665. The first-order valence-corrected chi connectivity index (χ1v) is 25.6. The number of benzene rings is 11. The lowest BCUT2D eigenvalue weighted by molar-refractivity contribution is 0.487. The Kier molecular flexibility index (Phi) is 6.82. The molecule has 6 nitrogen and oxygen atoms in total. The van der Waals surface area contributed by atoms with Crippen LogP contribution < -0.4 is 42.3 Å². The third-order valence-corrected chi connectivity index (χ3v) is 17.3. The van der Waals surface area contributed by atoms with Gasteiger partial charge in [-0.1, -0.05) is 121 Å². The molecule has 4 aliphatic rings. The monoisotopic (exact) mass is 938 g/mol. The van der Waals surface area contributed by atoms with E-state index in [4.69, 9.17) is 9.47 Å². The second-order valence-electron chi connectivity index (χ2n) is 20.7. The maximum atomic E-state index is 7.11. The van der Waals surface area contributed by atoms with Gasteiger partial charge in [0.1, 0.15) is 23.0 Å². The molecule has 0 fully saturated rings. The molecule has 0 bridgehead atoms. The first-order chi connectivity index (χ1) is 36.7. The summed E-state index contributed by atoms with van der Waals surface area (Å²) in [5.41, 5.74) is 21.5. The Labute approximate surface area is 423 Å². The number of hydrogen-bond donors (Lipinski definition) is 0. The standard InChI is InChI=1S/C66H36B2N4O2/c1-7-19-51-39(13-1)40-14-2-8-20-52(40)69(51)37-25-29-49-61(33-37)73-59-31-27-43-45-35-46-44-28-32-60-64-66(44)72(58(46)36-57(45)71-55-23-11-5-17-47(55)67(49)63(59)65(43)71)56-24-12-6-18-48(56)68(64)50-30-26-38(34-62(50)74-60)70-53-21-9-3-15-41(53)42-16-4-10-22-54(42)70/h1-36H. The van der Waals surface area contributed by atoms with Crippen molar-refractivity contribution in [3.63, 3.8) is 0 Å². The van der Waals surface area contributed by atoms with Gasteiger partial charge in [-0.15, -0.1) is 0 Å². The zero-order chi connectivity index (χ0) is 47.7. The van der Waals surface area contributed by atoms with E-state index in [0.29, 0.717) is 0 Å². The van der Waals surface area contributed by atoms with Crippen molar-refractivity contribution in [3.05, 3.63) is 218 Å². The lowest BCUT2D eigenvalue weighted by Gasteiger charge is -2.33. The fourth-order valence-electron chi connectivity index (χ4n) is 14.4. The minimum absolute atomic E-state index is 0.00333. The van der Waals surface area contributed by atoms with Crippen LogP contribution in [0.5, 0.6) is 23.0 Å². The van der Waals surface area contributed by atoms with Crippen LogP contribution in [0.4, 0.5) is 0 Å². The summed E-state index contributed by atoms with van der Waals surface area (Å²) in [5, 5.41) is 9.92. The van der Waals surface area contributed by atoms with Crippen molar-refractivity contribution in [2.45, 2.75) is 0 Å². The summed E-state index contributed by atoms with van der Waals surface area (Å²) in [4.78, 5) is 0. The molecule has 0 N–H and O–H groups in total. The summed E-state index contributed by atoms with van der Waals surface area (Å²) < 4.78 is 24.0. The van der Waals surface area contributed by atoms with Crippen LogP contribution in [-0.2, 0) is 0 Å². The van der Waals surface area contributed by atoms with E-state index in [0.717, 1.165) is 34.4 Å². The first kappa shape index (κ1) is 38.1. The molecule has 0 saturated heterocycles. The fourth-order valence-corrected chi connectivity index (χ4v) is 14.4. The molecule has 4 aliphatic heterocycles. The second kappa shape index (κ2) is 13.2. The van der Waals surface area contributed by atoms with E-state index in [9.17, 15) is 0 Å². The van der Waals surface area contributed by atoms with E-state index in [-0.39, 0.29) is 13.4 Å². The third kappa shape index (κ3) is 4.50. The Morgan fingerprint density at radius 3 is 1.08 bits per heavy atom. The number of ether oxygens (including phenoxy) is 2. The van der Waals surface area contributed by atoms with Crippen LogP contribution in [0, 0.1) is 0 Å². The summed E-state index contributed by atoms with van der Waals surface area (Å²) in [6, 6.07) is 80.5. The van der Waals surface area contributed by atoms with Crippen molar-refractivity contribution < 1.29 is 9.47 Å². The highest BCUT2D eigenvalue weighted by atomic mass is 16.5. The Balaban J connectivity index is 0.809. The molecule has 0 saturated carbocycles. The quantitative estimate of drug-likeness (QED) is 0.162. The number of nitrogens with zero attached hydrogens (tertiary/aromatic N) is 4. The molecule has 0 amide bonds. The average Bonchev–Trinajstić information content (AvgIpc) is 4.29. The molecule has 0 atom stereocenters. The molecule has 74 heavy (non-hydrogen) atoms. The Hall–Kier alpha value is -9.65. The molecule has 0 unspecified atom stereocenters. The third-order valence-electron chi connectivity index (χ3n) is 17.3. The van der Waals surface area contributed by atoms with Crippen LogP contribution in [-0.4, -0.2) is 31.7 Å². The van der Waals surface area contributed by atoms with Crippen molar-refractivity contribution in [1.82, 2.24) is 18.3 Å². The normalized spacial score (nSPS) is 13.6. The van der Waals surface area contributed by atoms with Crippen molar-refractivity contribution in [2.75, 3.05) is 0 Å². The van der Waals surface area contributed by atoms with Crippen LogP contribution in [0.3, 0.4) is 0 Å². The van der Waals surface area contributed by atoms with Crippen LogP contribution in [0.2, 0.25) is 0 Å². The number of hydrogen-bond acceptors (Lipinski definition) is 2. The number of aromatic nitrogens is 4. The number of fused-ring (bicyclic) bond motifs is 22. The van der Waals surface area contributed by atoms with Gasteiger partial charge in [-0.2, -0.15) is 0 Å². The number of rotatable bonds is 2. The lowest BCUT2D eigenvalue weighted by Crippen LogP contribution is -2.58. The molecule has 4 aromatic heterocycles. The zero-order valence-corrected chi connectivity index (χ0v) is 39.5. The topological polar surface area (TPSA) is 38.2 Å². The minimum Gasteiger partial charge on any atom is -0.458 e. The SMILES string of the molecule is c1ccc2c(c1)B1c3ccc(-n4c5ccccc5c5ccccc54)cc3Oc3ccc4c5cc6c7ccc8c9c7n(c6cc5n-2c4c31)-c1ccccc1B9c1ccc(-n2c3ccccc3c3ccccc32)cc1O8. The Morgan fingerprint density at radius 2 is 0.649 bits per heavy atom. The van der Waals surface area contributed by atoms with Gasteiger partial charge in [0, 0.05) is 78.0 Å². The predicted molar refractivity (Wildman–Crippen MR) is 306 cm³/mol. The molecular formula is C66H36B2N4O2. The Bertz CT molecular complexity index is 4710. The highest BCUT2D eigenvalue weighted by Crippen LogP contribution is 2.45. The van der Waals surface area contributed by atoms with Crippen molar-refractivity contribution in [3.8, 4) is 45.7 Å². The summed E-state index contributed by atoms with van der Waals surface area (Å²) in [7, 11) is 0. The van der Waals surface area contributed by atoms with Gasteiger partial charge >= 0.3 is 0 Å². The van der Waals surface area contributed by atoms with E-state index in [2.05, 4.69) is 237 Å². The second-order valence-corrected chi connectivity index (χ2v) is 20.7. The average molecular weight is 939 g/mol. The van der Waals surface area contributed by atoms with Gasteiger partial charge in [-0.05, 0) is 118 Å². The molecule has 8 heteroatoms. The fraction of sp³-hybridized carbons (Fsp3) is 0. The van der Waals surface area contributed by atoms with E-state index in [1.807, 2.05) is 0 Å². The molecule has 338 valence electrons. The predicted octanol–water partition coefficient (Wildman–Crippen LogP) is 11.9. The molecular weight excluding hydrogens is 902 g/mol. The molecule has 0 radical (unpaired) electrons. The molecule has 8 heterocycles. The summed E-state index contributed by atoms with van der Waals surface area (Å²) >= 11 is 0.